The lowest BCUT2D eigenvalue weighted by molar-refractivity contribution is 0.0509. The zero-order valence-corrected chi connectivity index (χ0v) is 16.8. The molecular formula is C20H27N5O3. The zero-order chi connectivity index (χ0) is 20.3. The van der Waals surface area contributed by atoms with Crippen LogP contribution >= 0.6 is 0 Å². The monoisotopic (exact) mass is 385 g/mol. The minimum absolute atomic E-state index is 0.0237. The maximum absolute atomic E-state index is 11.9. The standard InChI is InChI=1S/C20H27N5O3/c1-5-14-10-17(26)24-18(22-14)13-6-7-16(21-11-13)25-9-8-15(12-25)23-19(27)28-20(2,3)4/h6-7,10-11,15H,5,8-9,12H2,1-4H3,(H,23,27)(H,22,24,26). The molecule has 0 saturated carbocycles. The number of carbonyl (C=O) groups is 1. The van der Waals surface area contributed by atoms with Crippen LogP contribution in [0, 0.1) is 0 Å². The summed E-state index contributed by atoms with van der Waals surface area (Å²) in [5.41, 5.74) is 0.836. The highest BCUT2D eigenvalue weighted by Gasteiger charge is 2.26. The van der Waals surface area contributed by atoms with Gasteiger partial charge >= 0.3 is 6.09 Å². The minimum Gasteiger partial charge on any atom is -0.444 e. The lowest BCUT2D eigenvalue weighted by Crippen LogP contribution is -2.40. The summed E-state index contributed by atoms with van der Waals surface area (Å²) in [4.78, 5) is 37.5. The van der Waals surface area contributed by atoms with Crippen molar-refractivity contribution in [2.75, 3.05) is 18.0 Å². The number of nitrogens with zero attached hydrogens (tertiary/aromatic N) is 3. The number of hydrogen-bond acceptors (Lipinski definition) is 6. The summed E-state index contributed by atoms with van der Waals surface area (Å²) in [5.74, 6) is 1.35. The molecular weight excluding hydrogens is 358 g/mol. The lowest BCUT2D eigenvalue weighted by Gasteiger charge is -2.22. The minimum atomic E-state index is -0.510. The SMILES string of the molecule is CCc1cc(=O)[nH]c(-c2ccc(N3CCC(NC(=O)OC(C)(C)C)C3)nc2)n1. The lowest BCUT2D eigenvalue weighted by atomic mass is 10.2. The molecule has 1 unspecified atom stereocenters. The van der Waals surface area contributed by atoms with Crippen molar-refractivity contribution in [3.05, 3.63) is 40.4 Å². The summed E-state index contributed by atoms with van der Waals surface area (Å²) in [5, 5.41) is 2.91. The number of rotatable bonds is 4. The molecule has 8 heteroatoms. The van der Waals surface area contributed by atoms with E-state index < -0.39 is 11.7 Å². The second kappa shape index (κ2) is 8.00. The van der Waals surface area contributed by atoms with Crippen molar-refractivity contribution in [1.82, 2.24) is 20.3 Å². The highest BCUT2D eigenvalue weighted by Crippen LogP contribution is 2.21. The zero-order valence-electron chi connectivity index (χ0n) is 16.8. The third kappa shape index (κ3) is 5.09. The first-order chi connectivity index (χ1) is 13.2. The molecule has 0 bridgehead atoms. The van der Waals surface area contributed by atoms with Crippen molar-refractivity contribution >= 4 is 11.9 Å². The molecule has 2 N–H and O–H groups in total. The van der Waals surface area contributed by atoms with Gasteiger partial charge in [-0.3, -0.25) is 4.79 Å². The highest BCUT2D eigenvalue weighted by atomic mass is 16.6. The van der Waals surface area contributed by atoms with Gasteiger partial charge in [-0.15, -0.1) is 0 Å². The second-order valence-corrected chi connectivity index (χ2v) is 7.92. The number of anilines is 1. The summed E-state index contributed by atoms with van der Waals surface area (Å²) < 4.78 is 5.31. The number of H-pyrrole nitrogens is 1. The van der Waals surface area contributed by atoms with Crippen molar-refractivity contribution in [3.63, 3.8) is 0 Å². The van der Waals surface area contributed by atoms with Crippen LogP contribution in [0.3, 0.4) is 0 Å². The van der Waals surface area contributed by atoms with Gasteiger partial charge in [0.1, 0.15) is 17.2 Å². The Morgan fingerprint density at radius 1 is 1.39 bits per heavy atom. The van der Waals surface area contributed by atoms with Crippen molar-refractivity contribution < 1.29 is 9.53 Å². The quantitative estimate of drug-likeness (QED) is 0.839. The third-order valence-corrected chi connectivity index (χ3v) is 4.41. The molecule has 3 rings (SSSR count). The van der Waals surface area contributed by atoms with Gasteiger partial charge in [0.2, 0.25) is 0 Å². The van der Waals surface area contributed by atoms with Crippen LogP contribution in [0.1, 0.15) is 39.8 Å². The maximum atomic E-state index is 11.9. The van der Waals surface area contributed by atoms with E-state index in [0.717, 1.165) is 30.0 Å². The number of aromatic nitrogens is 3. The molecule has 0 spiro atoms. The van der Waals surface area contributed by atoms with Gasteiger partial charge in [0.05, 0.1) is 6.04 Å². The molecule has 1 amide bonds. The number of ether oxygens (including phenoxy) is 1. The molecule has 8 nitrogen and oxygen atoms in total. The summed E-state index contributed by atoms with van der Waals surface area (Å²) in [7, 11) is 0. The van der Waals surface area contributed by atoms with E-state index in [-0.39, 0.29) is 11.6 Å². The Bertz CT molecular complexity index is 886. The number of alkyl carbamates (subject to hydrolysis) is 1. The van der Waals surface area contributed by atoms with Crippen LogP contribution in [0.2, 0.25) is 0 Å². The van der Waals surface area contributed by atoms with Crippen LogP contribution < -0.4 is 15.8 Å². The number of aromatic amines is 1. The van der Waals surface area contributed by atoms with Gasteiger partial charge in [-0.25, -0.2) is 14.8 Å². The van der Waals surface area contributed by atoms with E-state index in [4.69, 9.17) is 4.74 Å². The molecule has 0 radical (unpaired) electrons. The Morgan fingerprint density at radius 3 is 2.82 bits per heavy atom. The van der Waals surface area contributed by atoms with Gasteiger partial charge in [0, 0.05) is 36.6 Å². The van der Waals surface area contributed by atoms with Crippen LogP contribution in [0.25, 0.3) is 11.4 Å². The molecule has 150 valence electrons. The van der Waals surface area contributed by atoms with E-state index in [0.29, 0.717) is 18.8 Å². The van der Waals surface area contributed by atoms with Crippen LogP contribution in [0.5, 0.6) is 0 Å². The van der Waals surface area contributed by atoms with Crippen LogP contribution in [0.15, 0.2) is 29.2 Å². The fourth-order valence-electron chi connectivity index (χ4n) is 3.10. The number of carbonyl (C=O) groups excluding carboxylic acids is 1. The van der Waals surface area contributed by atoms with E-state index in [1.807, 2.05) is 39.8 Å². The van der Waals surface area contributed by atoms with E-state index in [1.54, 1.807) is 6.20 Å². The molecule has 1 aliphatic rings. The normalized spacial score (nSPS) is 16.9. The number of hydrogen-bond donors (Lipinski definition) is 2. The molecule has 3 heterocycles. The van der Waals surface area contributed by atoms with Gasteiger partial charge in [-0.05, 0) is 45.7 Å². The Morgan fingerprint density at radius 2 is 2.18 bits per heavy atom. The maximum Gasteiger partial charge on any atom is 0.407 e. The van der Waals surface area contributed by atoms with Crippen molar-refractivity contribution in [2.45, 2.75) is 52.2 Å². The Labute approximate surface area is 164 Å². The third-order valence-electron chi connectivity index (χ3n) is 4.41. The number of aryl methyl sites for hydroxylation is 1. The molecule has 0 aromatic carbocycles. The van der Waals surface area contributed by atoms with Gasteiger partial charge < -0.3 is 19.9 Å². The first-order valence-corrected chi connectivity index (χ1v) is 9.54. The molecule has 1 aliphatic heterocycles. The predicted octanol–water partition coefficient (Wildman–Crippen LogP) is 2.50. The van der Waals surface area contributed by atoms with Crippen LogP contribution in [-0.2, 0) is 11.2 Å². The topological polar surface area (TPSA) is 100 Å². The van der Waals surface area contributed by atoms with Gasteiger partial charge in [0.15, 0.2) is 0 Å². The molecule has 28 heavy (non-hydrogen) atoms. The fourth-order valence-corrected chi connectivity index (χ4v) is 3.10. The average Bonchev–Trinajstić information content (AvgIpc) is 3.08. The first-order valence-electron chi connectivity index (χ1n) is 9.54. The Kier molecular flexibility index (Phi) is 5.67. The number of amides is 1. The predicted molar refractivity (Wildman–Crippen MR) is 107 cm³/mol. The van der Waals surface area contributed by atoms with E-state index in [2.05, 4.69) is 25.2 Å². The summed E-state index contributed by atoms with van der Waals surface area (Å²) >= 11 is 0. The number of nitrogens with one attached hydrogen (secondary N) is 2. The van der Waals surface area contributed by atoms with Crippen LogP contribution in [0.4, 0.5) is 10.6 Å². The van der Waals surface area contributed by atoms with Crippen molar-refractivity contribution in [2.24, 2.45) is 0 Å². The van der Waals surface area contributed by atoms with Crippen molar-refractivity contribution in [3.8, 4) is 11.4 Å². The van der Waals surface area contributed by atoms with E-state index in [1.165, 1.54) is 6.07 Å². The van der Waals surface area contributed by atoms with E-state index in [9.17, 15) is 9.59 Å². The molecule has 1 atom stereocenters. The summed E-state index contributed by atoms with van der Waals surface area (Å²) in [6.07, 6.45) is 2.84. The Hall–Kier alpha value is -2.90. The second-order valence-electron chi connectivity index (χ2n) is 7.92. The van der Waals surface area contributed by atoms with Gasteiger partial charge in [-0.2, -0.15) is 0 Å². The molecule has 1 fully saturated rings. The average molecular weight is 385 g/mol. The van der Waals surface area contributed by atoms with Crippen molar-refractivity contribution in [1.29, 1.82) is 0 Å². The first kappa shape index (κ1) is 19.9. The number of pyridine rings is 1. The summed E-state index contributed by atoms with van der Waals surface area (Å²) in [6, 6.07) is 5.34. The van der Waals surface area contributed by atoms with Crippen LogP contribution in [-0.4, -0.2) is 45.8 Å². The molecule has 2 aromatic heterocycles. The highest BCUT2D eigenvalue weighted by molar-refractivity contribution is 5.68. The fraction of sp³-hybridized carbons (Fsp3) is 0.500. The largest absolute Gasteiger partial charge is 0.444 e. The van der Waals surface area contributed by atoms with Gasteiger partial charge in [-0.1, -0.05) is 6.92 Å². The molecule has 0 aliphatic carbocycles. The van der Waals surface area contributed by atoms with Gasteiger partial charge in [0.25, 0.3) is 5.56 Å². The molecule has 2 aromatic rings. The Balaban J connectivity index is 1.64. The van der Waals surface area contributed by atoms with E-state index >= 15 is 0 Å². The smallest absolute Gasteiger partial charge is 0.407 e. The summed E-state index contributed by atoms with van der Waals surface area (Å²) in [6.45, 7) is 8.97. The molecule has 1 saturated heterocycles.